The van der Waals surface area contributed by atoms with Crippen molar-refractivity contribution in [2.45, 2.75) is 22.6 Å². The summed E-state index contributed by atoms with van der Waals surface area (Å²) in [7, 11) is -7.25. The lowest BCUT2D eigenvalue weighted by molar-refractivity contribution is -0.143. The molecule has 2 rings (SSSR count). The van der Waals surface area contributed by atoms with E-state index >= 15 is 0 Å². The summed E-state index contributed by atoms with van der Waals surface area (Å²) in [4.78, 5) is 10.9. The highest BCUT2D eigenvalue weighted by molar-refractivity contribution is 7.90. The lowest BCUT2D eigenvalue weighted by atomic mass is 10.1. The second-order valence-corrected chi connectivity index (χ2v) is 8.94. The zero-order chi connectivity index (χ0) is 15.9. The van der Waals surface area contributed by atoms with E-state index in [9.17, 15) is 21.6 Å². The molecule has 9 heteroatoms. The summed E-state index contributed by atoms with van der Waals surface area (Å²) in [6.07, 6.45) is 1.91. The van der Waals surface area contributed by atoms with Crippen LogP contribution in [-0.4, -0.2) is 40.7 Å². The van der Waals surface area contributed by atoms with E-state index in [1.165, 1.54) is 24.3 Å². The zero-order valence-electron chi connectivity index (χ0n) is 11.2. The van der Waals surface area contributed by atoms with Gasteiger partial charge in [0, 0.05) is 12.8 Å². The molecule has 0 saturated heterocycles. The molecule has 1 aliphatic rings. The highest BCUT2D eigenvalue weighted by atomic mass is 32.2. The van der Waals surface area contributed by atoms with Crippen molar-refractivity contribution in [1.82, 2.24) is 4.72 Å². The lowest BCUT2D eigenvalue weighted by Gasteiger charge is -2.11. The van der Waals surface area contributed by atoms with Crippen LogP contribution in [-0.2, 0) is 24.7 Å². The van der Waals surface area contributed by atoms with Crippen molar-refractivity contribution < 1.29 is 26.7 Å². The first-order valence-electron chi connectivity index (χ1n) is 6.10. The van der Waals surface area contributed by atoms with Crippen molar-refractivity contribution in [2.24, 2.45) is 5.41 Å². The SMILES string of the molecule is CS(=O)(=O)c1ccc(S(=O)(=O)NCC2(C(=O)O)CC2)cc1. The molecule has 1 aromatic rings. The number of hydrogen-bond acceptors (Lipinski definition) is 5. The molecule has 1 aromatic carbocycles. The van der Waals surface area contributed by atoms with Crippen molar-refractivity contribution in [2.75, 3.05) is 12.8 Å². The van der Waals surface area contributed by atoms with Crippen LogP contribution in [0.5, 0.6) is 0 Å². The number of carbonyl (C=O) groups is 1. The van der Waals surface area contributed by atoms with Crippen LogP contribution in [0.4, 0.5) is 0 Å². The van der Waals surface area contributed by atoms with Gasteiger partial charge in [-0.1, -0.05) is 0 Å². The van der Waals surface area contributed by atoms with Gasteiger partial charge in [0.05, 0.1) is 15.2 Å². The largest absolute Gasteiger partial charge is 0.481 e. The van der Waals surface area contributed by atoms with Crippen LogP contribution in [0.15, 0.2) is 34.1 Å². The van der Waals surface area contributed by atoms with Gasteiger partial charge in [-0.25, -0.2) is 21.6 Å². The van der Waals surface area contributed by atoms with Crippen LogP contribution in [0.1, 0.15) is 12.8 Å². The number of rotatable bonds is 6. The van der Waals surface area contributed by atoms with Crippen molar-refractivity contribution >= 4 is 25.8 Å². The first kappa shape index (κ1) is 15.9. The van der Waals surface area contributed by atoms with Crippen molar-refractivity contribution in [1.29, 1.82) is 0 Å². The van der Waals surface area contributed by atoms with Gasteiger partial charge < -0.3 is 5.11 Å². The molecule has 0 spiro atoms. The molecule has 0 aliphatic heterocycles. The molecular weight excluding hydrogens is 318 g/mol. The number of carboxylic acids is 1. The highest BCUT2D eigenvalue weighted by Gasteiger charge is 2.50. The standard InChI is InChI=1S/C12H15NO6S2/c1-20(16,17)9-2-4-10(5-3-9)21(18,19)13-8-12(6-7-12)11(14)15/h2-5,13H,6-8H2,1H3,(H,14,15). The number of carboxylic acid groups (broad SMARTS) is 1. The Morgan fingerprint density at radius 2 is 1.62 bits per heavy atom. The predicted molar refractivity (Wildman–Crippen MR) is 74.0 cm³/mol. The Morgan fingerprint density at radius 3 is 2.00 bits per heavy atom. The molecule has 0 aromatic heterocycles. The van der Waals surface area contributed by atoms with E-state index in [1.54, 1.807) is 0 Å². The molecule has 0 radical (unpaired) electrons. The van der Waals surface area contributed by atoms with Crippen LogP contribution >= 0.6 is 0 Å². The normalized spacial score (nSPS) is 17.4. The van der Waals surface area contributed by atoms with Gasteiger partial charge >= 0.3 is 5.97 Å². The third-order valence-electron chi connectivity index (χ3n) is 3.47. The van der Waals surface area contributed by atoms with E-state index in [4.69, 9.17) is 5.11 Å². The number of benzene rings is 1. The van der Waals surface area contributed by atoms with Crippen LogP contribution in [0.25, 0.3) is 0 Å². The lowest BCUT2D eigenvalue weighted by Crippen LogP contribution is -2.34. The Kier molecular flexibility index (Phi) is 3.85. The highest BCUT2D eigenvalue weighted by Crippen LogP contribution is 2.45. The number of sulfone groups is 1. The summed E-state index contributed by atoms with van der Waals surface area (Å²) in [6.45, 7) is -0.168. The average molecular weight is 333 g/mol. The smallest absolute Gasteiger partial charge is 0.310 e. The Hall–Kier alpha value is -1.45. The third-order valence-corrected chi connectivity index (χ3v) is 6.02. The molecule has 1 fully saturated rings. The maximum Gasteiger partial charge on any atom is 0.310 e. The minimum Gasteiger partial charge on any atom is -0.481 e. The maximum atomic E-state index is 12.0. The van der Waals surface area contributed by atoms with Gasteiger partial charge in [0.25, 0.3) is 0 Å². The summed E-state index contributed by atoms with van der Waals surface area (Å²) in [6, 6.07) is 4.76. The van der Waals surface area contributed by atoms with Crippen LogP contribution in [0, 0.1) is 5.41 Å². The molecule has 1 aliphatic carbocycles. The second kappa shape index (κ2) is 5.08. The van der Waals surface area contributed by atoms with Crippen LogP contribution in [0.2, 0.25) is 0 Å². The van der Waals surface area contributed by atoms with E-state index in [2.05, 4.69) is 4.72 Å². The van der Waals surface area contributed by atoms with E-state index in [0.717, 1.165) is 6.26 Å². The van der Waals surface area contributed by atoms with E-state index in [0.29, 0.717) is 12.8 Å². The van der Waals surface area contributed by atoms with Gasteiger partial charge in [-0.05, 0) is 37.1 Å². The van der Waals surface area contributed by atoms with Crippen LogP contribution in [0.3, 0.4) is 0 Å². The maximum absolute atomic E-state index is 12.0. The third kappa shape index (κ3) is 3.42. The molecule has 0 atom stereocenters. The molecule has 1 saturated carbocycles. The number of hydrogen-bond donors (Lipinski definition) is 2. The topological polar surface area (TPSA) is 118 Å². The average Bonchev–Trinajstić information content (AvgIpc) is 3.17. The quantitative estimate of drug-likeness (QED) is 0.769. The summed E-state index contributed by atoms with van der Waals surface area (Å²) < 4.78 is 48.9. The second-order valence-electron chi connectivity index (χ2n) is 5.15. The molecular formula is C12H15NO6S2. The molecule has 116 valence electrons. The van der Waals surface area contributed by atoms with E-state index < -0.39 is 31.2 Å². The minimum absolute atomic E-state index is 0.0191. The molecule has 2 N–H and O–H groups in total. The fourth-order valence-electron chi connectivity index (χ4n) is 1.80. The van der Waals surface area contributed by atoms with E-state index in [-0.39, 0.29) is 16.3 Å². The van der Waals surface area contributed by atoms with Gasteiger partial charge in [0.1, 0.15) is 0 Å². The van der Waals surface area contributed by atoms with Crippen molar-refractivity contribution in [3.05, 3.63) is 24.3 Å². The Balaban J connectivity index is 2.15. The van der Waals surface area contributed by atoms with Gasteiger partial charge in [0.2, 0.25) is 10.0 Å². The van der Waals surface area contributed by atoms with Gasteiger partial charge in [0.15, 0.2) is 9.84 Å². The fraction of sp³-hybridized carbons (Fsp3) is 0.417. The molecule has 0 amide bonds. The molecule has 0 bridgehead atoms. The molecule has 0 unspecified atom stereocenters. The van der Waals surface area contributed by atoms with Gasteiger partial charge in [-0.3, -0.25) is 4.79 Å². The summed E-state index contributed by atoms with van der Waals surface area (Å²) in [5.41, 5.74) is -1.00. The molecule has 21 heavy (non-hydrogen) atoms. The predicted octanol–water partition coefficient (Wildman–Crippen LogP) is 0.233. The Bertz CT molecular complexity index is 760. The number of nitrogens with one attached hydrogen (secondary N) is 1. The van der Waals surface area contributed by atoms with E-state index in [1.807, 2.05) is 0 Å². The summed E-state index contributed by atoms with van der Waals surface area (Å²) >= 11 is 0. The van der Waals surface area contributed by atoms with Gasteiger partial charge in [-0.2, -0.15) is 0 Å². The molecule has 0 heterocycles. The minimum atomic E-state index is -3.86. The van der Waals surface area contributed by atoms with Crippen LogP contribution < -0.4 is 4.72 Å². The first-order valence-corrected chi connectivity index (χ1v) is 9.48. The zero-order valence-corrected chi connectivity index (χ0v) is 12.9. The van der Waals surface area contributed by atoms with Crippen molar-refractivity contribution in [3.8, 4) is 0 Å². The van der Waals surface area contributed by atoms with Crippen molar-refractivity contribution in [3.63, 3.8) is 0 Å². The summed E-state index contributed by atoms with van der Waals surface area (Å²) in [5.74, 6) is -1.02. The first-order chi connectivity index (χ1) is 9.57. The Labute approximate surface area is 123 Å². The molecule has 7 nitrogen and oxygen atoms in total. The van der Waals surface area contributed by atoms with Gasteiger partial charge in [-0.15, -0.1) is 0 Å². The summed E-state index contributed by atoms with van der Waals surface area (Å²) in [5, 5.41) is 9.00. The number of sulfonamides is 1. The fourth-order valence-corrected chi connectivity index (χ4v) is 3.56. The monoisotopic (exact) mass is 333 g/mol. The Morgan fingerprint density at radius 1 is 1.14 bits per heavy atom. The number of aliphatic carboxylic acids is 1.